The summed E-state index contributed by atoms with van der Waals surface area (Å²) >= 11 is 0. The highest BCUT2D eigenvalue weighted by molar-refractivity contribution is 6.85. The zero-order chi connectivity index (χ0) is 16.7. The number of hydrogen-bond donors (Lipinski definition) is 1. The standard InChI is InChI=1S/C14H28O5Si2/c1-7-12(21(5,6)19-20(2,3)4)10-11-18-14(17)9-8-13(15)16/h8-9,12H,7,10-11H2,1-6H3,(H,15,16). The van der Waals surface area contributed by atoms with E-state index in [0.717, 1.165) is 25.0 Å². The van der Waals surface area contributed by atoms with E-state index in [-0.39, 0.29) is 0 Å². The Balaban J connectivity index is 4.39. The number of carboxylic acids is 1. The first kappa shape index (κ1) is 20.1. The second-order valence-corrected chi connectivity index (χ2v) is 15.6. The molecule has 0 aromatic carbocycles. The van der Waals surface area contributed by atoms with Crippen molar-refractivity contribution in [2.45, 2.75) is 58.0 Å². The molecular formula is C14H28O5Si2. The van der Waals surface area contributed by atoms with Gasteiger partial charge < -0.3 is 14.0 Å². The minimum atomic E-state index is -1.82. The van der Waals surface area contributed by atoms with Crippen LogP contribution in [-0.4, -0.2) is 40.3 Å². The first-order valence-electron chi connectivity index (χ1n) is 7.26. The maximum Gasteiger partial charge on any atom is 0.331 e. The Bertz CT molecular complexity index is 385. The van der Waals surface area contributed by atoms with E-state index in [1.165, 1.54) is 0 Å². The van der Waals surface area contributed by atoms with Crippen LogP contribution in [0.15, 0.2) is 12.2 Å². The van der Waals surface area contributed by atoms with Crippen LogP contribution in [0, 0.1) is 0 Å². The number of ether oxygens (including phenoxy) is 1. The Morgan fingerprint density at radius 1 is 1.14 bits per heavy atom. The predicted molar refractivity (Wildman–Crippen MR) is 88.3 cm³/mol. The van der Waals surface area contributed by atoms with Crippen LogP contribution in [-0.2, 0) is 18.4 Å². The van der Waals surface area contributed by atoms with Gasteiger partial charge in [-0.15, -0.1) is 0 Å². The number of esters is 1. The number of aliphatic carboxylic acids is 1. The van der Waals surface area contributed by atoms with E-state index in [2.05, 4.69) is 39.7 Å². The molecule has 0 aliphatic rings. The normalized spacial score (nSPS) is 14.2. The summed E-state index contributed by atoms with van der Waals surface area (Å²) in [6, 6.07) is 0. The Morgan fingerprint density at radius 2 is 1.71 bits per heavy atom. The molecule has 0 aliphatic heterocycles. The Morgan fingerprint density at radius 3 is 2.14 bits per heavy atom. The summed E-state index contributed by atoms with van der Waals surface area (Å²) in [5.74, 6) is -1.77. The fraction of sp³-hybridized carbons (Fsp3) is 0.714. The third-order valence-corrected chi connectivity index (χ3v) is 10.3. The summed E-state index contributed by atoms with van der Waals surface area (Å²) in [6.45, 7) is 13.4. The van der Waals surface area contributed by atoms with Gasteiger partial charge in [0.2, 0.25) is 0 Å². The van der Waals surface area contributed by atoms with Crippen molar-refractivity contribution < 1.29 is 23.5 Å². The van der Waals surface area contributed by atoms with E-state index in [0.29, 0.717) is 12.1 Å². The molecule has 1 unspecified atom stereocenters. The molecule has 21 heavy (non-hydrogen) atoms. The predicted octanol–water partition coefficient (Wildman–Crippen LogP) is 3.40. The van der Waals surface area contributed by atoms with Gasteiger partial charge in [0, 0.05) is 12.2 Å². The average Bonchev–Trinajstić information content (AvgIpc) is 2.28. The maximum atomic E-state index is 11.3. The molecule has 0 aromatic rings. The molecule has 0 saturated heterocycles. The Hall–Kier alpha value is -0.926. The van der Waals surface area contributed by atoms with Crippen LogP contribution in [0.1, 0.15) is 19.8 Å². The van der Waals surface area contributed by atoms with Gasteiger partial charge in [-0.05, 0) is 44.7 Å². The van der Waals surface area contributed by atoms with Crippen molar-refractivity contribution in [3.05, 3.63) is 12.2 Å². The molecule has 5 nitrogen and oxygen atoms in total. The fourth-order valence-electron chi connectivity index (χ4n) is 2.41. The average molecular weight is 333 g/mol. The monoisotopic (exact) mass is 332 g/mol. The number of carbonyl (C=O) groups excluding carboxylic acids is 1. The van der Waals surface area contributed by atoms with Crippen molar-refractivity contribution in [3.63, 3.8) is 0 Å². The summed E-state index contributed by atoms with van der Waals surface area (Å²) in [5.41, 5.74) is 0.417. The molecule has 0 aromatic heterocycles. The zero-order valence-electron chi connectivity index (χ0n) is 13.9. The first-order valence-corrected chi connectivity index (χ1v) is 13.6. The third kappa shape index (κ3) is 9.59. The lowest BCUT2D eigenvalue weighted by Crippen LogP contribution is -2.46. The molecule has 0 amide bonds. The highest BCUT2D eigenvalue weighted by atomic mass is 28.4. The molecule has 0 saturated carbocycles. The van der Waals surface area contributed by atoms with Gasteiger partial charge in [0.25, 0.3) is 0 Å². The Labute approximate surface area is 129 Å². The minimum absolute atomic E-state index is 0.298. The van der Waals surface area contributed by atoms with Crippen molar-refractivity contribution >= 4 is 28.6 Å². The first-order chi connectivity index (χ1) is 9.48. The second kappa shape index (κ2) is 8.50. The van der Waals surface area contributed by atoms with Crippen LogP contribution in [0.5, 0.6) is 0 Å². The zero-order valence-corrected chi connectivity index (χ0v) is 15.9. The molecule has 0 bridgehead atoms. The molecule has 0 aliphatic carbocycles. The molecule has 0 heterocycles. The van der Waals surface area contributed by atoms with Crippen LogP contribution < -0.4 is 0 Å². The Kier molecular flexibility index (Phi) is 8.13. The second-order valence-electron chi connectivity index (χ2n) is 6.55. The highest BCUT2D eigenvalue weighted by Gasteiger charge is 2.36. The van der Waals surface area contributed by atoms with E-state index >= 15 is 0 Å². The molecule has 0 spiro atoms. The third-order valence-electron chi connectivity index (χ3n) is 3.12. The van der Waals surface area contributed by atoms with Gasteiger partial charge in [0.05, 0.1) is 6.61 Å². The van der Waals surface area contributed by atoms with E-state index in [4.69, 9.17) is 14.0 Å². The smallest absolute Gasteiger partial charge is 0.331 e. The molecule has 7 heteroatoms. The van der Waals surface area contributed by atoms with Crippen LogP contribution >= 0.6 is 0 Å². The van der Waals surface area contributed by atoms with Crippen molar-refractivity contribution in [1.29, 1.82) is 0 Å². The van der Waals surface area contributed by atoms with Gasteiger partial charge in [-0.1, -0.05) is 13.3 Å². The lowest BCUT2D eigenvalue weighted by atomic mass is 10.2. The van der Waals surface area contributed by atoms with E-state index in [9.17, 15) is 9.59 Å². The van der Waals surface area contributed by atoms with Crippen LogP contribution in [0.2, 0.25) is 38.3 Å². The molecule has 0 radical (unpaired) electrons. The molecule has 122 valence electrons. The maximum absolute atomic E-state index is 11.3. The van der Waals surface area contributed by atoms with Crippen LogP contribution in [0.3, 0.4) is 0 Å². The molecular weight excluding hydrogens is 304 g/mol. The number of hydrogen-bond acceptors (Lipinski definition) is 4. The quantitative estimate of drug-likeness (QED) is 0.398. The SMILES string of the molecule is CCC(CCOC(=O)C=CC(=O)O)[Si](C)(C)O[Si](C)(C)C. The van der Waals surface area contributed by atoms with Crippen LogP contribution in [0.25, 0.3) is 0 Å². The summed E-state index contributed by atoms with van der Waals surface area (Å²) in [4.78, 5) is 21.6. The fourth-order valence-corrected chi connectivity index (χ4v) is 11.2. The molecule has 0 fully saturated rings. The van der Waals surface area contributed by atoms with Crippen molar-refractivity contribution in [3.8, 4) is 0 Å². The van der Waals surface area contributed by atoms with Gasteiger partial charge in [-0.3, -0.25) is 0 Å². The van der Waals surface area contributed by atoms with Crippen molar-refractivity contribution in [2.24, 2.45) is 0 Å². The highest BCUT2D eigenvalue weighted by Crippen LogP contribution is 2.32. The number of carbonyl (C=O) groups is 2. The molecule has 1 N–H and O–H groups in total. The van der Waals surface area contributed by atoms with E-state index in [1.807, 2.05) is 0 Å². The summed E-state index contributed by atoms with van der Waals surface area (Å²) in [6.07, 6.45) is 3.47. The van der Waals surface area contributed by atoms with Crippen LogP contribution in [0.4, 0.5) is 0 Å². The topological polar surface area (TPSA) is 72.8 Å². The minimum Gasteiger partial charge on any atom is -0.478 e. The largest absolute Gasteiger partial charge is 0.478 e. The summed E-state index contributed by atoms with van der Waals surface area (Å²) < 4.78 is 11.4. The lowest BCUT2D eigenvalue weighted by molar-refractivity contribution is -0.138. The number of rotatable bonds is 9. The summed E-state index contributed by atoms with van der Waals surface area (Å²) in [5, 5.41) is 8.43. The van der Waals surface area contributed by atoms with E-state index < -0.39 is 28.6 Å². The lowest BCUT2D eigenvalue weighted by Gasteiger charge is -2.37. The van der Waals surface area contributed by atoms with Gasteiger partial charge in [-0.2, -0.15) is 0 Å². The van der Waals surface area contributed by atoms with Gasteiger partial charge in [0.1, 0.15) is 0 Å². The van der Waals surface area contributed by atoms with E-state index in [1.54, 1.807) is 0 Å². The van der Waals surface area contributed by atoms with Gasteiger partial charge in [-0.25, -0.2) is 9.59 Å². The number of carboxylic acid groups (broad SMARTS) is 1. The van der Waals surface area contributed by atoms with Crippen molar-refractivity contribution in [1.82, 2.24) is 0 Å². The molecule has 0 rings (SSSR count). The summed E-state index contributed by atoms with van der Waals surface area (Å²) in [7, 11) is -3.40. The molecule has 1 atom stereocenters. The van der Waals surface area contributed by atoms with Crippen molar-refractivity contribution in [2.75, 3.05) is 6.61 Å². The van der Waals surface area contributed by atoms with Gasteiger partial charge in [0.15, 0.2) is 16.6 Å². The van der Waals surface area contributed by atoms with Gasteiger partial charge >= 0.3 is 11.9 Å².